The van der Waals surface area contributed by atoms with Crippen LogP contribution in [0.1, 0.15) is 5.56 Å². The number of hydrogen-bond donors (Lipinski definition) is 0. The lowest BCUT2D eigenvalue weighted by molar-refractivity contribution is 1.10. The molecule has 0 spiro atoms. The monoisotopic (exact) mass is 328 g/mol. The molecule has 0 fully saturated rings. The van der Waals surface area contributed by atoms with Gasteiger partial charge in [0.15, 0.2) is 0 Å². The normalized spacial score (nSPS) is 10.7. The maximum absolute atomic E-state index is 4.36. The Morgan fingerprint density at radius 1 is 0.542 bits per heavy atom. The predicted octanol–water partition coefficient (Wildman–Crippen LogP) is 5.85. The van der Waals surface area contributed by atoms with Crippen LogP contribution in [0.3, 0.4) is 0 Å². The van der Waals surface area contributed by atoms with Crippen LogP contribution in [-0.2, 0) is 0 Å². The Kier molecular flexibility index (Phi) is 3.93. The fraction of sp³-hybridized carbons (Fsp3) is 0.0476. The summed E-state index contributed by atoms with van der Waals surface area (Å²) >= 11 is 1.62. The average Bonchev–Trinajstić information content (AvgIpc) is 3.13. The van der Waals surface area contributed by atoms with Gasteiger partial charge in [0.05, 0.1) is 0 Å². The second-order valence-electron chi connectivity index (χ2n) is 5.72. The first-order valence-corrected chi connectivity index (χ1v) is 8.68. The first-order valence-electron chi connectivity index (χ1n) is 7.86. The van der Waals surface area contributed by atoms with E-state index in [0.717, 1.165) is 21.1 Å². The summed E-state index contributed by atoms with van der Waals surface area (Å²) in [7, 11) is 0. The largest absolute Gasteiger partial charge is 0.148 e. The summed E-state index contributed by atoms with van der Waals surface area (Å²) in [4.78, 5) is 0. The van der Waals surface area contributed by atoms with Gasteiger partial charge in [0.25, 0.3) is 0 Å². The molecule has 0 atom stereocenters. The lowest BCUT2D eigenvalue weighted by atomic mass is 10.0. The molecule has 0 saturated heterocycles. The first kappa shape index (κ1) is 14.8. The van der Waals surface area contributed by atoms with Crippen LogP contribution in [0, 0.1) is 6.92 Å². The molecule has 116 valence electrons. The van der Waals surface area contributed by atoms with E-state index in [0.29, 0.717) is 0 Å². The molecule has 1 aromatic heterocycles. The van der Waals surface area contributed by atoms with Crippen molar-refractivity contribution in [1.29, 1.82) is 0 Å². The third-order valence-electron chi connectivity index (χ3n) is 3.96. The van der Waals surface area contributed by atoms with Gasteiger partial charge in [0, 0.05) is 11.1 Å². The minimum Gasteiger partial charge on any atom is -0.138 e. The van der Waals surface area contributed by atoms with Crippen molar-refractivity contribution in [2.45, 2.75) is 6.92 Å². The van der Waals surface area contributed by atoms with E-state index in [4.69, 9.17) is 0 Å². The minimum absolute atomic E-state index is 0.949. The smallest absolute Gasteiger partial charge is 0.138 e. The molecule has 0 aliphatic carbocycles. The Hall–Kier alpha value is -2.78. The van der Waals surface area contributed by atoms with Crippen molar-refractivity contribution in [3.8, 4) is 32.3 Å². The Labute approximate surface area is 145 Å². The predicted molar refractivity (Wildman–Crippen MR) is 101 cm³/mol. The zero-order chi connectivity index (χ0) is 16.4. The van der Waals surface area contributed by atoms with Gasteiger partial charge < -0.3 is 0 Å². The molecule has 0 aliphatic rings. The summed E-state index contributed by atoms with van der Waals surface area (Å²) in [6.45, 7) is 2.09. The van der Waals surface area contributed by atoms with Crippen LogP contribution in [0.2, 0.25) is 0 Å². The molecule has 2 nitrogen and oxygen atoms in total. The van der Waals surface area contributed by atoms with Gasteiger partial charge in [0.1, 0.15) is 10.0 Å². The van der Waals surface area contributed by atoms with Gasteiger partial charge in [-0.3, -0.25) is 0 Å². The maximum atomic E-state index is 4.36. The van der Waals surface area contributed by atoms with Crippen LogP contribution < -0.4 is 0 Å². The number of aromatic nitrogens is 2. The first-order chi connectivity index (χ1) is 11.8. The van der Waals surface area contributed by atoms with Crippen molar-refractivity contribution in [3.05, 3.63) is 84.4 Å². The Morgan fingerprint density at radius 3 is 1.58 bits per heavy atom. The molecular weight excluding hydrogens is 312 g/mol. The number of hydrogen-bond acceptors (Lipinski definition) is 3. The lowest BCUT2D eigenvalue weighted by Crippen LogP contribution is -1.80. The fourth-order valence-corrected chi connectivity index (χ4v) is 3.44. The molecule has 0 N–H and O–H groups in total. The summed E-state index contributed by atoms with van der Waals surface area (Å²) in [5.74, 6) is 0. The van der Waals surface area contributed by atoms with Crippen molar-refractivity contribution in [3.63, 3.8) is 0 Å². The average molecular weight is 328 g/mol. The molecule has 0 amide bonds. The van der Waals surface area contributed by atoms with Crippen molar-refractivity contribution in [2.75, 3.05) is 0 Å². The molecule has 3 heteroatoms. The molecule has 4 rings (SSSR count). The highest BCUT2D eigenvalue weighted by Crippen LogP contribution is 2.31. The highest BCUT2D eigenvalue weighted by atomic mass is 32.1. The van der Waals surface area contributed by atoms with Crippen LogP contribution in [0.15, 0.2) is 78.9 Å². The highest BCUT2D eigenvalue weighted by Gasteiger charge is 2.08. The van der Waals surface area contributed by atoms with E-state index < -0.39 is 0 Å². The van der Waals surface area contributed by atoms with Crippen LogP contribution in [0.5, 0.6) is 0 Å². The number of aryl methyl sites for hydroxylation is 1. The van der Waals surface area contributed by atoms with E-state index in [-0.39, 0.29) is 0 Å². The number of nitrogens with zero attached hydrogens (tertiary/aromatic N) is 2. The Balaban J connectivity index is 1.62. The topological polar surface area (TPSA) is 25.8 Å². The molecule has 0 saturated carbocycles. The van der Waals surface area contributed by atoms with E-state index in [9.17, 15) is 0 Å². The second kappa shape index (κ2) is 6.38. The van der Waals surface area contributed by atoms with Crippen LogP contribution in [0.4, 0.5) is 0 Å². The number of rotatable bonds is 3. The van der Waals surface area contributed by atoms with Gasteiger partial charge >= 0.3 is 0 Å². The van der Waals surface area contributed by atoms with Crippen molar-refractivity contribution < 1.29 is 0 Å². The molecule has 1 heterocycles. The van der Waals surface area contributed by atoms with Crippen molar-refractivity contribution in [1.82, 2.24) is 10.2 Å². The van der Waals surface area contributed by atoms with Gasteiger partial charge in [0.2, 0.25) is 0 Å². The van der Waals surface area contributed by atoms with Gasteiger partial charge in [-0.1, -0.05) is 95.8 Å². The van der Waals surface area contributed by atoms with Gasteiger partial charge in [-0.25, -0.2) is 0 Å². The second-order valence-corrected chi connectivity index (χ2v) is 6.70. The van der Waals surface area contributed by atoms with Crippen LogP contribution in [-0.4, -0.2) is 10.2 Å². The maximum Gasteiger partial charge on any atom is 0.148 e. The highest BCUT2D eigenvalue weighted by molar-refractivity contribution is 7.17. The summed E-state index contributed by atoms with van der Waals surface area (Å²) < 4.78 is 0. The minimum atomic E-state index is 0.949. The third kappa shape index (κ3) is 2.99. The molecule has 0 bridgehead atoms. The standard InChI is InChI=1S/C21H16N2S/c1-15-7-9-18(10-8-15)20-22-23-21(24-20)19-13-11-17(12-14-19)16-5-3-2-4-6-16/h2-14H,1H3. The molecule has 4 aromatic rings. The van der Waals surface area contributed by atoms with Crippen molar-refractivity contribution >= 4 is 11.3 Å². The third-order valence-corrected chi connectivity index (χ3v) is 4.98. The van der Waals surface area contributed by atoms with Crippen molar-refractivity contribution in [2.24, 2.45) is 0 Å². The fourth-order valence-electron chi connectivity index (χ4n) is 2.59. The molecule has 0 unspecified atom stereocenters. The van der Waals surface area contributed by atoms with Gasteiger partial charge in [-0.15, -0.1) is 10.2 Å². The van der Waals surface area contributed by atoms with Crippen LogP contribution in [0.25, 0.3) is 32.3 Å². The number of benzene rings is 3. The van der Waals surface area contributed by atoms with E-state index in [2.05, 4.69) is 89.9 Å². The summed E-state index contributed by atoms with van der Waals surface area (Å²) in [5, 5.41) is 10.6. The van der Waals surface area contributed by atoms with Crippen LogP contribution >= 0.6 is 11.3 Å². The lowest BCUT2D eigenvalue weighted by Gasteiger charge is -2.02. The summed E-state index contributed by atoms with van der Waals surface area (Å²) in [6, 6.07) is 27.3. The van der Waals surface area contributed by atoms with E-state index >= 15 is 0 Å². The van der Waals surface area contributed by atoms with E-state index in [1.165, 1.54) is 16.7 Å². The molecule has 24 heavy (non-hydrogen) atoms. The molecule has 3 aromatic carbocycles. The summed E-state index contributed by atoms with van der Waals surface area (Å²) in [5.41, 5.74) is 5.90. The van der Waals surface area contributed by atoms with E-state index in [1.807, 2.05) is 6.07 Å². The van der Waals surface area contributed by atoms with E-state index in [1.54, 1.807) is 11.3 Å². The molecule has 0 aliphatic heterocycles. The SMILES string of the molecule is Cc1ccc(-c2nnc(-c3ccc(-c4ccccc4)cc3)s2)cc1. The Bertz CT molecular complexity index is 939. The Morgan fingerprint density at radius 2 is 1.00 bits per heavy atom. The van der Waals surface area contributed by atoms with Gasteiger partial charge in [-0.2, -0.15) is 0 Å². The summed E-state index contributed by atoms with van der Waals surface area (Å²) in [6.07, 6.45) is 0. The zero-order valence-electron chi connectivity index (χ0n) is 13.3. The van der Waals surface area contributed by atoms with Gasteiger partial charge in [-0.05, 0) is 18.1 Å². The molecular formula is C21H16N2S. The quantitative estimate of drug-likeness (QED) is 0.471. The molecule has 0 radical (unpaired) electrons. The zero-order valence-corrected chi connectivity index (χ0v) is 14.1.